The van der Waals surface area contributed by atoms with E-state index < -0.39 is 0 Å². The Bertz CT molecular complexity index is 779. The third-order valence-electron chi connectivity index (χ3n) is 5.70. The number of halogens is 1. The molecule has 0 aliphatic carbocycles. The molecule has 1 atom stereocenters. The number of Topliss-reactive ketones (excluding diaryl/α,β-unsaturated/α-hetero) is 1. The fourth-order valence-corrected chi connectivity index (χ4v) is 3.74. The second kappa shape index (κ2) is 8.77. The molecule has 144 valence electrons. The van der Waals surface area contributed by atoms with Crippen LogP contribution in [0.4, 0.5) is 4.39 Å². The van der Waals surface area contributed by atoms with Gasteiger partial charge in [-0.2, -0.15) is 0 Å². The smallest absolute Gasteiger partial charge is 0.166 e. The zero-order chi connectivity index (χ0) is 19.4. The van der Waals surface area contributed by atoms with Gasteiger partial charge in [0.15, 0.2) is 5.78 Å². The molecule has 0 radical (unpaired) electrons. The van der Waals surface area contributed by atoms with E-state index >= 15 is 0 Å². The molecular formula is C23H28FNO2. The molecule has 0 spiro atoms. The molecule has 27 heavy (non-hydrogen) atoms. The molecule has 0 amide bonds. The monoisotopic (exact) mass is 369 g/mol. The van der Waals surface area contributed by atoms with Gasteiger partial charge in [-0.3, -0.25) is 4.79 Å². The van der Waals surface area contributed by atoms with Gasteiger partial charge in [0.2, 0.25) is 0 Å². The summed E-state index contributed by atoms with van der Waals surface area (Å²) in [5, 5.41) is 0. The number of likely N-dealkylation sites (tertiary alicyclic amines) is 1. The predicted molar refractivity (Wildman–Crippen MR) is 106 cm³/mol. The van der Waals surface area contributed by atoms with Crippen molar-refractivity contribution in [2.45, 2.75) is 32.8 Å². The van der Waals surface area contributed by atoms with E-state index in [2.05, 4.69) is 36.9 Å². The molecule has 1 heterocycles. The first-order valence-corrected chi connectivity index (χ1v) is 9.60. The highest BCUT2D eigenvalue weighted by Gasteiger charge is 2.27. The van der Waals surface area contributed by atoms with Gasteiger partial charge < -0.3 is 9.64 Å². The van der Waals surface area contributed by atoms with E-state index in [9.17, 15) is 9.18 Å². The molecule has 0 saturated carbocycles. The Morgan fingerprint density at radius 2 is 1.78 bits per heavy atom. The van der Waals surface area contributed by atoms with Gasteiger partial charge in [0.1, 0.15) is 5.82 Å². The number of aryl methyl sites for hydroxylation is 2. The molecule has 1 unspecified atom stereocenters. The average Bonchev–Trinajstić information content (AvgIpc) is 2.69. The van der Waals surface area contributed by atoms with Crippen LogP contribution < -0.4 is 0 Å². The standard InChI is InChI=1S/C23H28FNO2/c1-16-4-5-20(14-17(16)2)22(27-3)15-25-12-10-19(11-13-25)23(26)18-6-8-21(24)9-7-18/h4-9,14,19,22H,10-13,15H2,1-3H3. The van der Waals surface area contributed by atoms with E-state index in [1.165, 1.54) is 28.8 Å². The lowest BCUT2D eigenvalue weighted by molar-refractivity contribution is 0.0485. The normalized spacial score (nSPS) is 17.0. The minimum Gasteiger partial charge on any atom is -0.375 e. The number of ketones is 1. The zero-order valence-corrected chi connectivity index (χ0v) is 16.4. The summed E-state index contributed by atoms with van der Waals surface area (Å²) in [6.07, 6.45) is 1.70. The number of ether oxygens (including phenoxy) is 1. The summed E-state index contributed by atoms with van der Waals surface area (Å²) >= 11 is 0. The van der Waals surface area contributed by atoms with Crippen molar-refractivity contribution >= 4 is 5.78 Å². The summed E-state index contributed by atoms with van der Waals surface area (Å²) in [5.74, 6) is -0.153. The number of nitrogens with zero attached hydrogens (tertiary/aromatic N) is 1. The molecule has 2 aromatic rings. The Morgan fingerprint density at radius 3 is 2.37 bits per heavy atom. The van der Waals surface area contributed by atoms with Gasteiger partial charge >= 0.3 is 0 Å². The summed E-state index contributed by atoms with van der Waals surface area (Å²) in [5.41, 5.74) is 4.37. The van der Waals surface area contributed by atoms with E-state index in [-0.39, 0.29) is 23.6 Å². The van der Waals surface area contributed by atoms with Crippen molar-refractivity contribution in [3.05, 3.63) is 70.5 Å². The van der Waals surface area contributed by atoms with E-state index in [0.29, 0.717) is 5.56 Å². The van der Waals surface area contributed by atoms with Crippen LogP contribution in [0.3, 0.4) is 0 Å². The molecular weight excluding hydrogens is 341 g/mol. The number of carbonyl (C=O) groups excluding carboxylic acids is 1. The van der Waals surface area contributed by atoms with Crippen molar-refractivity contribution in [2.75, 3.05) is 26.7 Å². The predicted octanol–water partition coefficient (Wildman–Crippen LogP) is 4.72. The fraction of sp³-hybridized carbons (Fsp3) is 0.435. The van der Waals surface area contributed by atoms with E-state index in [1.54, 1.807) is 19.2 Å². The summed E-state index contributed by atoms with van der Waals surface area (Å²) in [6, 6.07) is 12.4. The Hall–Kier alpha value is -2.04. The SMILES string of the molecule is COC(CN1CCC(C(=O)c2ccc(F)cc2)CC1)c1ccc(C)c(C)c1. The molecule has 1 aliphatic rings. The largest absolute Gasteiger partial charge is 0.375 e. The Balaban J connectivity index is 1.57. The van der Waals surface area contributed by atoms with Crippen LogP contribution in [0.2, 0.25) is 0 Å². The van der Waals surface area contributed by atoms with Crippen LogP contribution in [0.25, 0.3) is 0 Å². The first-order valence-electron chi connectivity index (χ1n) is 9.60. The van der Waals surface area contributed by atoms with Crippen LogP contribution in [0.5, 0.6) is 0 Å². The van der Waals surface area contributed by atoms with E-state index in [0.717, 1.165) is 32.5 Å². The van der Waals surface area contributed by atoms with Crippen molar-refractivity contribution in [1.29, 1.82) is 0 Å². The van der Waals surface area contributed by atoms with Crippen molar-refractivity contribution in [3.8, 4) is 0 Å². The summed E-state index contributed by atoms with van der Waals surface area (Å²) < 4.78 is 18.8. The minimum absolute atomic E-state index is 0.0225. The quantitative estimate of drug-likeness (QED) is 0.690. The molecule has 2 aromatic carbocycles. The van der Waals surface area contributed by atoms with Gasteiger partial charge in [-0.15, -0.1) is 0 Å². The fourth-order valence-electron chi connectivity index (χ4n) is 3.74. The van der Waals surface area contributed by atoms with Gasteiger partial charge in [-0.25, -0.2) is 4.39 Å². The number of methoxy groups -OCH3 is 1. The van der Waals surface area contributed by atoms with Crippen molar-refractivity contribution in [1.82, 2.24) is 4.90 Å². The molecule has 1 saturated heterocycles. The van der Waals surface area contributed by atoms with Crippen molar-refractivity contribution in [2.24, 2.45) is 5.92 Å². The van der Waals surface area contributed by atoms with Crippen LogP contribution in [0, 0.1) is 25.6 Å². The summed E-state index contributed by atoms with van der Waals surface area (Å²) in [6.45, 7) is 6.82. The third-order valence-corrected chi connectivity index (χ3v) is 5.70. The lowest BCUT2D eigenvalue weighted by Crippen LogP contribution is -2.39. The van der Waals surface area contributed by atoms with Crippen molar-refractivity contribution in [3.63, 3.8) is 0 Å². The highest BCUT2D eigenvalue weighted by molar-refractivity contribution is 5.97. The summed E-state index contributed by atoms with van der Waals surface area (Å²) in [7, 11) is 1.75. The number of hydrogen-bond acceptors (Lipinski definition) is 3. The molecule has 4 heteroatoms. The van der Waals surface area contributed by atoms with Crippen LogP contribution in [-0.2, 0) is 4.74 Å². The first kappa shape index (κ1) is 19.7. The number of piperidine rings is 1. The molecule has 0 N–H and O–H groups in total. The Morgan fingerprint density at radius 1 is 1.11 bits per heavy atom. The highest BCUT2D eigenvalue weighted by atomic mass is 19.1. The van der Waals surface area contributed by atoms with Crippen LogP contribution >= 0.6 is 0 Å². The van der Waals surface area contributed by atoms with Gasteiger partial charge in [0.05, 0.1) is 6.10 Å². The lowest BCUT2D eigenvalue weighted by atomic mass is 9.88. The maximum absolute atomic E-state index is 13.1. The molecule has 1 aliphatic heterocycles. The van der Waals surface area contributed by atoms with Crippen molar-refractivity contribution < 1.29 is 13.9 Å². The molecule has 3 rings (SSSR count). The highest BCUT2D eigenvalue weighted by Crippen LogP contribution is 2.26. The molecule has 3 nitrogen and oxygen atoms in total. The maximum Gasteiger partial charge on any atom is 0.166 e. The number of carbonyl (C=O) groups is 1. The second-order valence-corrected chi connectivity index (χ2v) is 7.51. The van der Waals surface area contributed by atoms with E-state index in [4.69, 9.17) is 4.74 Å². The zero-order valence-electron chi connectivity index (χ0n) is 16.4. The molecule has 0 bridgehead atoms. The van der Waals surface area contributed by atoms with Crippen LogP contribution in [-0.4, -0.2) is 37.4 Å². The van der Waals surface area contributed by atoms with Crippen LogP contribution in [0.15, 0.2) is 42.5 Å². The maximum atomic E-state index is 13.1. The Labute approximate surface area is 161 Å². The minimum atomic E-state index is -0.307. The third kappa shape index (κ3) is 4.82. The number of benzene rings is 2. The second-order valence-electron chi connectivity index (χ2n) is 7.51. The van der Waals surface area contributed by atoms with Gasteiger partial charge in [-0.1, -0.05) is 18.2 Å². The van der Waals surface area contributed by atoms with Gasteiger partial charge in [0, 0.05) is 25.1 Å². The van der Waals surface area contributed by atoms with E-state index in [1.807, 2.05) is 0 Å². The molecule has 0 aromatic heterocycles. The summed E-state index contributed by atoms with van der Waals surface area (Å²) in [4.78, 5) is 15.0. The topological polar surface area (TPSA) is 29.5 Å². The lowest BCUT2D eigenvalue weighted by Gasteiger charge is -2.33. The van der Waals surface area contributed by atoms with Gasteiger partial charge in [-0.05, 0) is 80.7 Å². The van der Waals surface area contributed by atoms with Crippen LogP contribution in [0.1, 0.15) is 46.0 Å². The Kier molecular flexibility index (Phi) is 6.40. The average molecular weight is 369 g/mol. The molecule has 1 fully saturated rings. The number of hydrogen-bond donors (Lipinski definition) is 0. The number of rotatable bonds is 6. The first-order chi connectivity index (χ1) is 13.0. The van der Waals surface area contributed by atoms with Gasteiger partial charge in [0.25, 0.3) is 0 Å².